The number of hydrogen-bond acceptors (Lipinski definition) is 5. The van der Waals surface area contributed by atoms with Gasteiger partial charge in [-0.3, -0.25) is 14.5 Å². The highest BCUT2D eigenvalue weighted by Crippen LogP contribution is 2.38. The first-order valence-electron chi connectivity index (χ1n) is 10.2. The van der Waals surface area contributed by atoms with Crippen molar-refractivity contribution in [3.8, 4) is 5.75 Å². The van der Waals surface area contributed by atoms with Crippen LogP contribution in [-0.2, 0) is 24.2 Å². The van der Waals surface area contributed by atoms with Crippen molar-refractivity contribution in [3.63, 3.8) is 0 Å². The van der Waals surface area contributed by atoms with Crippen LogP contribution in [0.2, 0.25) is 0 Å². The molecule has 0 saturated heterocycles. The summed E-state index contributed by atoms with van der Waals surface area (Å²) in [5.74, 6) is 0.286. The molecule has 0 spiro atoms. The van der Waals surface area contributed by atoms with Gasteiger partial charge in [0.1, 0.15) is 10.8 Å². The molecule has 2 aromatic rings. The molecule has 0 atom stereocenters. The van der Waals surface area contributed by atoms with Crippen molar-refractivity contribution in [3.05, 3.63) is 45.8 Å². The fraction of sp³-hybridized carbons (Fsp3) is 0.455. The van der Waals surface area contributed by atoms with E-state index < -0.39 is 5.91 Å². The molecule has 6 nitrogen and oxygen atoms in total. The zero-order valence-corrected chi connectivity index (χ0v) is 17.5. The number of hydrogen-bond donors (Lipinski definition) is 2. The van der Waals surface area contributed by atoms with Gasteiger partial charge in [-0.1, -0.05) is 12.1 Å². The zero-order valence-electron chi connectivity index (χ0n) is 16.7. The Balaban J connectivity index is 1.45. The predicted octanol–water partition coefficient (Wildman–Crippen LogP) is 3.34. The summed E-state index contributed by atoms with van der Waals surface area (Å²) in [5.41, 5.74) is 8.35. The number of carbonyl (C=O) groups is 2. The number of methoxy groups -OCH3 is 1. The molecule has 2 amide bonds. The normalized spacial score (nSPS) is 15.8. The van der Waals surface area contributed by atoms with Gasteiger partial charge in [0.2, 0.25) is 5.91 Å². The van der Waals surface area contributed by atoms with Gasteiger partial charge in [0.05, 0.1) is 19.2 Å². The molecule has 0 aliphatic heterocycles. The summed E-state index contributed by atoms with van der Waals surface area (Å²) in [5, 5.41) is 3.60. The van der Waals surface area contributed by atoms with Crippen molar-refractivity contribution in [1.82, 2.24) is 4.90 Å². The summed E-state index contributed by atoms with van der Waals surface area (Å²) >= 11 is 1.51. The van der Waals surface area contributed by atoms with E-state index >= 15 is 0 Å². The number of fused-ring (bicyclic) bond motifs is 1. The second kappa shape index (κ2) is 8.55. The molecule has 0 unspecified atom stereocenters. The number of rotatable bonds is 8. The lowest BCUT2D eigenvalue weighted by Crippen LogP contribution is -2.34. The number of anilines is 1. The maximum Gasteiger partial charge on any atom is 0.251 e. The molecule has 1 fully saturated rings. The van der Waals surface area contributed by atoms with E-state index in [9.17, 15) is 9.59 Å². The lowest BCUT2D eigenvalue weighted by Gasteiger charge is -2.21. The molecule has 2 aliphatic rings. The van der Waals surface area contributed by atoms with Gasteiger partial charge in [-0.05, 0) is 61.8 Å². The SMILES string of the molecule is COc1ccc(CN(CC(=O)Nc2sc3c(c2C(N)=O)CCCC3)C2CC2)cc1. The van der Waals surface area contributed by atoms with Crippen molar-refractivity contribution >= 4 is 28.2 Å². The molecule has 1 heterocycles. The fourth-order valence-electron chi connectivity index (χ4n) is 3.98. The number of ether oxygens (including phenoxy) is 1. The minimum atomic E-state index is -0.447. The average Bonchev–Trinajstić information content (AvgIpc) is 3.49. The molecule has 7 heteroatoms. The van der Waals surface area contributed by atoms with Gasteiger partial charge in [-0.25, -0.2) is 0 Å². The third kappa shape index (κ3) is 4.62. The Morgan fingerprint density at radius 3 is 2.59 bits per heavy atom. The van der Waals surface area contributed by atoms with E-state index in [1.54, 1.807) is 7.11 Å². The maximum absolute atomic E-state index is 12.8. The van der Waals surface area contributed by atoms with Crippen LogP contribution in [0.1, 0.15) is 52.0 Å². The van der Waals surface area contributed by atoms with Crippen LogP contribution in [0.25, 0.3) is 0 Å². The minimum absolute atomic E-state index is 0.0912. The van der Waals surface area contributed by atoms with Gasteiger partial charge in [0.25, 0.3) is 5.91 Å². The molecule has 1 aromatic heterocycles. The Labute approximate surface area is 175 Å². The molecular weight excluding hydrogens is 386 g/mol. The molecule has 1 aromatic carbocycles. The van der Waals surface area contributed by atoms with E-state index in [0.717, 1.165) is 55.4 Å². The topological polar surface area (TPSA) is 84.7 Å². The van der Waals surface area contributed by atoms with Gasteiger partial charge in [0, 0.05) is 17.5 Å². The number of nitrogens with zero attached hydrogens (tertiary/aromatic N) is 1. The van der Waals surface area contributed by atoms with Crippen LogP contribution in [0.3, 0.4) is 0 Å². The van der Waals surface area contributed by atoms with Crippen LogP contribution in [-0.4, -0.2) is 36.4 Å². The van der Waals surface area contributed by atoms with Crippen LogP contribution in [0.4, 0.5) is 5.00 Å². The van der Waals surface area contributed by atoms with Gasteiger partial charge < -0.3 is 15.8 Å². The highest BCUT2D eigenvalue weighted by atomic mass is 32.1. The predicted molar refractivity (Wildman–Crippen MR) is 115 cm³/mol. The van der Waals surface area contributed by atoms with Gasteiger partial charge >= 0.3 is 0 Å². The number of nitrogens with one attached hydrogen (secondary N) is 1. The molecule has 3 N–H and O–H groups in total. The van der Waals surface area contributed by atoms with Gasteiger partial charge in [-0.2, -0.15) is 0 Å². The van der Waals surface area contributed by atoms with Gasteiger partial charge in [0.15, 0.2) is 0 Å². The Morgan fingerprint density at radius 1 is 1.21 bits per heavy atom. The Hall–Kier alpha value is -2.38. The lowest BCUT2D eigenvalue weighted by molar-refractivity contribution is -0.117. The number of thiophene rings is 1. The lowest BCUT2D eigenvalue weighted by atomic mass is 9.95. The summed E-state index contributed by atoms with van der Waals surface area (Å²) in [6.07, 6.45) is 6.24. The largest absolute Gasteiger partial charge is 0.497 e. The Morgan fingerprint density at radius 2 is 1.93 bits per heavy atom. The van der Waals surface area contributed by atoms with Crippen LogP contribution < -0.4 is 15.8 Å². The molecule has 29 heavy (non-hydrogen) atoms. The number of benzene rings is 1. The zero-order chi connectivity index (χ0) is 20.4. The van der Waals surface area contributed by atoms with Crippen LogP contribution in [0.5, 0.6) is 5.75 Å². The summed E-state index contributed by atoms with van der Waals surface area (Å²) in [6.45, 7) is 1.02. The van der Waals surface area contributed by atoms with E-state index in [1.165, 1.54) is 16.2 Å². The molecule has 4 rings (SSSR count). The van der Waals surface area contributed by atoms with E-state index in [2.05, 4.69) is 10.2 Å². The first-order chi connectivity index (χ1) is 14.0. The van der Waals surface area contributed by atoms with Crippen LogP contribution >= 0.6 is 11.3 Å². The van der Waals surface area contributed by atoms with E-state index in [1.807, 2.05) is 24.3 Å². The van der Waals surface area contributed by atoms with Gasteiger partial charge in [-0.15, -0.1) is 11.3 Å². The van der Waals surface area contributed by atoms with E-state index in [4.69, 9.17) is 10.5 Å². The number of primary amides is 1. The quantitative estimate of drug-likeness (QED) is 0.695. The van der Waals surface area contributed by atoms with Crippen molar-refractivity contribution in [2.75, 3.05) is 19.0 Å². The maximum atomic E-state index is 12.8. The van der Waals surface area contributed by atoms with E-state index in [0.29, 0.717) is 29.7 Å². The molecule has 2 aliphatic carbocycles. The number of carbonyl (C=O) groups excluding carboxylic acids is 2. The average molecular weight is 414 g/mol. The number of nitrogens with two attached hydrogens (primary N) is 1. The fourth-order valence-corrected chi connectivity index (χ4v) is 5.30. The molecule has 0 bridgehead atoms. The Kier molecular flexibility index (Phi) is 5.87. The summed E-state index contributed by atoms with van der Waals surface area (Å²) in [7, 11) is 1.65. The van der Waals surface area contributed by atoms with Crippen LogP contribution in [0, 0.1) is 0 Å². The van der Waals surface area contributed by atoms with Crippen molar-refractivity contribution < 1.29 is 14.3 Å². The molecule has 0 radical (unpaired) electrons. The van der Waals surface area contributed by atoms with Crippen molar-refractivity contribution in [2.24, 2.45) is 5.73 Å². The number of aryl methyl sites for hydroxylation is 1. The molecule has 154 valence electrons. The van der Waals surface area contributed by atoms with Crippen molar-refractivity contribution in [1.29, 1.82) is 0 Å². The second-order valence-electron chi connectivity index (χ2n) is 7.81. The smallest absolute Gasteiger partial charge is 0.251 e. The first-order valence-corrected chi connectivity index (χ1v) is 11.0. The summed E-state index contributed by atoms with van der Waals surface area (Å²) in [6, 6.07) is 8.39. The van der Waals surface area contributed by atoms with Crippen LogP contribution in [0.15, 0.2) is 24.3 Å². The molecule has 1 saturated carbocycles. The van der Waals surface area contributed by atoms with E-state index in [-0.39, 0.29) is 5.91 Å². The second-order valence-corrected chi connectivity index (χ2v) is 8.92. The molecular formula is C22H27N3O3S. The first kappa shape index (κ1) is 19.9. The minimum Gasteiger partial charge on any atom is -0.497 e. The number of amides is 2. The third-order valence-corrected chi connectivity index (χ3v) is 6.83. The monoisotopic (exact) mass is 413 g/mol. The third-order valence-electron chi connectivity index (χ3n) is 5.63. The highest BCUT2D eigenvalue weighted by molar-refractivity contribution is 7.17. The summed E-state index contributed by atoms with van der Waals surface area (Å²) < 4.78 is 5.22. The highest BCUT2D eigenvalue weighted by Gasteiger charge is 2.31. The van der Waals surface area contributed by atoms with Crippen molar-refractivity contribution in [2.45, 2.75) is 51.1 Å². The summed E-state index contributed by atoms with van der Waals surface area (Å²) in [4.78, 5) is 28.2. The Bertz CT molecular complexity index is 903. The standard InChI is InChI=1S/C22H27N3O3S/c1-28-16-10-6-14(7-11-16)12-25(15-8-9-15)13-19(26)24-22-20(21(23)27)17-4-2-3-5-18(17)29-22/h6-7,10-11,15H,2-5,8-9,12-13H2,1H3,(H2,23,27)(H,24,26).